The summed E-state index contributed by atoms with van der Waals surface area (Å²) in [4.78, 5) is 18.8. The van der Waals surface area contributed by atoms with E-state index in [0.717, 1.165) is 0 Å². The second-order valence-corrected chi connectivity index (χ2v) is 3.72. The van der Waals surface area contributed by atoms with Gasteiger partial charge in [0, 0.05) is 0 Å². The summed E-state index contributed by atoms with van der Waals surface area (Å²) in [5, 5.41) is 0. The fourth-order valence-corrected chi connectivity index (χ4v) is 1.23. The fourth-order valence-electron chi connectivity index (χ4n) is 0.836. The number of hydrogen-bond donors (Lipinski definition) is 1. The number of anilines is 1. The van der Waals surface area contributed by atoms with Crippen LogP contribution in [0.2, 0.25) is 0 Å². The van der Waals surface area contributed by atoms with Gasteiger partial charge in [0.15, 0.2) is 6.61 Å². The Hall–Kier alpha value is -1.12. The lowest BCUT2D eigenvalue weighted by Gasteiger charge is -2.07. The summed E-state index contributed by atoms with van der Waals surface area (Å²) in [5.74, 6) is 0.655. The van der Waals surface area contributed by atoms with Gasteiger partial charge in [0.05, 0.1) is 7.11 Å². The molecule has 0 spiro atoms. The van der Waals surface area contributed by atoms with E-state index in [1.807, 2.05) is 22.6 Å². The van der Waals surface area contributed by atoms with E-state index in [-0.39, 0.29) is 6.61 Å². The average molecular weight is 323 g/mol. The third kappa shape index (κ3) is 3.18. The molecule has 0 saturated carbocycles. The quantitative estimate of drug-likeness (QED) is 0.645. The van der Waals surface area contributed by atoms with Crippen molar-refractivity contribution in [1.82, 2.24) is 9.97 Å². The molecule has 0 bridgehead atoms. The Kier molecular flexibility index (Phi) is 4.06. The maximum atomic E-state index is 10.8. The average Bonchev–Trinajstić information content (AvgIpc) is 2.20. The molecule has 0 unspecified atom stereocenters. The van der Waals surface area contributed by atoms with E-state index in [1.54, 1.807) is 6.92 Å². The standard InChI is InChI=1S/C8H10IN3O3/c1-4-11-7(10)6(9)8(12-4)15-3-5(13)14-2/h3H2,1-2H3,(H2,10,11,12). The van der Waals surface area contributed by atoms with Crippen LogP contribution in [0.15, 0.2) is 0 Å². The highest BCUT2D eigenvalue weighted by Gasteiger charge is 2.11. The molecule has 0 fully saturated rings. The normalized spacial score (nSPS) is 9.80. The smallest absolute Gasteiger partial charge is 0.343 e. The number of carbonyl (C=O) groups excluding carboxylic acids is 1. The monoisotopic (exact) mass is 323 g/mol. The molecule has 2 N–H and O–H groups in total. The molecule has 82 valence electrons. The molecule has 1 aromatic rings. The van der Waals surface area contributed by atoms with E-state index in [1.165, 1.54) is 7.11 Å². The van der Waals surface area contributed by atoms with E-state index in [2.05, 4.69) is 14.7 Å². The zero-order valence-corrected chi connectivity index (χ0v) is 10.4. The van der Waals surface area contributed by atoms with Gasteiger partial charge in [-0.3, -0.25) is 0 Å². The molecule has 0 amide bonds. The number of aromatic nitrogens is 2. The van der Waals surface area contributed by atoms with Crippen molar-refractivity contribution in [3.05, 3.63) is 9.39 Å². The molecule has 1 heterocycles. The first-order valence-corrected chi connectivity index (χ1v) is 5.11. The first-order valence-electron chi connectivity index (χ1n) is 4.03. The van der Waals surface area contributed by atoms with Gasteiger partial charge in [0.25, 0.3) is 0 Å². The minimum absolute atomic E-state index is 0.192. The maximum Gasteiger partial charge on any atom is 0.343 e. The predicted octanol–water partition coefficient (Wildman–Crippen LogP) is 0.524. The number of aryl methyl sites for hydroxylation is 1. The highest BCUT2D eigenvalue weighted by atomic mass is 127. The van der Waals surface area contributed by atoms with Crippen LogP contribution in [0.5, 0.6) is 5.88 Å². The van der Waals surface area contributed by atoms with Gasteiger partial charge in [-0.2, -0.15) is 4.98 Å². The second kappa shape index (κ2) is 5.10. The lowest BCUT2D eigenvalue weighted by molar-refractivity contribution is -0.143. The summed E-state index contributed by atoms with van der Waals surface area (Å²) in [7, 11) is 1.29. The molecule has 7 heteroatoms. The van der Waals surface area contributed by atoms with Crippen LogP contribution in [-0.2, 0) is 9.53 Å². The van der Waals surface area contributed by atoms with Crippen LogP contribution in [0.25, 0.3) is 0 Å². The van der Waals surface area contributed by atoms with Gasteiger partial charge in [0.1, 0.15) is 15.2 Å². The summed E-state index contributed by atoms with van der Waals surface area (Å²) in [6.45, 7) is 1.50. The first kappa shape index (κ1) is 12.0. The number of methoxy groups -OCH3 is 1. The van der Waals surface area contributed by atoms with Gasteiger partial charge in [-0.05, 0) is 29.5 Å². The van der Waals surface area contributed by atoms with Crippen LogP contribution in [0.3, 0.4) is 0 Å². The summed E-state index contributed by atoms with van der Waals surface area (Å²) in [6, 6.07) is 0. The number of nitrogen functional groups attached to an aromatic ring is 1. The van der Waals surface area contributed by atoms with Crippen molar-refractivity contribution in [2.24, 2.45) is 0 Å². The zero-order chi connectivity index (χ0) is 11.4. The zero-order valence-electron chi connectivity index (χ0n) is 8.28. The van der Waals surface area contributed by atoms with Crippen molar-refractivity contribution < 1.29 is 14.3 Å². The van der Waals surface area contributed by atoms with Crippen LogP contribution in [0, 0.1) is 10.5 Å². The molecule has 0 aliphatic carbocycles. The Bertz CT molecular complexity index is 384. The van der Waals surface area contributed by atoms with Crippen molar-refractivity contribution in [3.63, 3.8) is 0 Å². The third-order valence-corrected chi connectivity index (χ3v) is 2.53. The van der Waals surface area contributed by atoms with Gasteiger partial charge in [-0.15, -0.1) is 0 Å². The van der Waals surface area contributed by atoms with Gasteiger partial charge >= 0.3 is 5.97 Å². The maximum absolute atomic E-state index is 10.8. The minimum atomic E-state index is -0.472. The number of nitrogens with two attached hydrogens (primary N) is 1. The third-order valence-electron chi connectivity index (χ3n) is 1.51. The van der Waals surface area contributed by atoms with E-state index < -0.39 is 5.97 Å². The number of carbonyl (C=O) groups is 1. The van der Waals surface area contributed by atoms with E-state index >= 15 is 0 Å². The van der Waals surface area contributed by atoms with Crippen molar-refractivity contribution in [2.45, 2.75) is 6.92 Å². The minimum Gasteiger partial charge on any atom is -0.466 e. The molecule has 15 heavy (non-hydrogen) atoms. The van der Waals surface area contributed by atoms with Crippen LogP contribution in [-0.4, -0.2) is 29.7 Å². The molecule has 0 aliphatic rings. The highest BCUT2D eigenvalue weighted by molar-refractivity contribution is 14.1. The highest BCUT2D eigenvalue weighted by Crippen LogP contribution is 2.22. The van der Waals surface area contributed by atoms with E-state index in [4.69, 9.17) is 10.5 Å². The molecule has 0 radical (unpaired) electrons. The number of rotatable bonds is 3. The SMILES string of the molecule is COC(=O)COc1nc(C)nc(N)c1I. The summed E-state index contributed by atoms with van der Waals surface area (Å²) < 4.78 is 10.2. The molecule has 0 aromatic carbocycles. The molecule has 0 aliphatic heterocycles. The summed E-state index contributed by atoms with van der Waals surface area (Å²) >= 11 is 1.95. The number of ether oxygens (including phenoxy) is 2. The van der Waals surface area contributed by atoms with Crippen molar-refractivity contribution >= 4 is 34.4 Å². The molecular weight excluding hydrogens is 313 g/mol. The summed E-state index contributed by atoms with van der Waals surface area (Å²) in [5.41, 5.74) is 5.61. The van der Waals surface area contributed by atoms with E-state index in [0.29, 0.717) is 21.1 Å². The Morgan fingerprint density at radius 3 is 2.80 bits per heavy atom. The lowest BCUT2D eigenvalue weighted by Crippen LogP contribution is -2.15. The van der Waals surface area contributed by atoms with Crippen molar-refractivity contribution in [3.8, 4) is 5.88 Å². The van der Waals surface area contributed by atoms with Gasteiger partial charge < -0.3 is 15.2 Å². The number of hydrogen-bond acceptors (Lipinski definition) is 6. The molecule has 0 atom stereocenters. The largest absolute Gasteiger partial charge is 0.466 e. The Labute approximate surface area is 100 Å². The number of esters is 1. The van der Waals surface area contributed by atoms with Crippen LogP contribution in [0.1, 0.15) is 5.82 Å². The number of nitrogens with zero attached hydrogens (tertiary/aromatic N) is 2. The van der Waals surface area contributed by atoms with Crippen LogP contribution >= 0.6 is 22.6 Å². The molecular formula is C8H10IN3O3. The topological polar surface area (TPSA) is 87.3 Å². The van der Waals surface area contributed by atoms with Crippen LogP contribution in [0.4, 0.5) is 5.82 Å². The Morgan fingerprint density at radius 2 is 2.20 bits per heavy atom. The first-order chi connectivity index (χ1) is 7.04. The summed E-state index contributed by atoms with van der Waals surface area (Å²) in [6.07, 6.45) is 0. The van der Waals surface area contributed by atoms with Crippen molar-refractivity contribution in [2.75, 3.05) is 19.5 Å². The fraction of sp³-hybridized carbons (Fsp3) is 0.375. The Balaban J connectivity index is 2.81. The second-order valence-electron chi connectivity index (χ2n) is 2.64. The van der Waals surface area contributed by atoms with Gasteiger partial charge in [0.2, 0.25) is 5.88 Å². The van der Waals surface area contributed by atoms with Gasteiger partial charge in [-0.1, -0.05) is 0 Å². The molecule has 0 saturated heterocycles. The molecule has 1 rings (SSSR count). The Morgan fingerprint density at radius 1 is 1.53 bits per heavy atom. The number of halogens is 1. The van der Waals surface area contributed by atoms with Crippen molar-refractivity contribution in [1.29, 1.82) is 0 Å². The van der Waals surface area contributed by atoms with E-state index in [9.17, 15) is 4.79 Å². The predicted molar refractivity (Wildman–Crippen MR) is 61.4 cm³/mol. The molecule has 6 nitrogen and oxygen atoms in total. The lowest BCUT2D eigenvalue weighted by atomic mass is 10.5. The van der Waals surface area contributed by atoms with Gasteiger partial charge in [-0.25, -0.2) is 9.78 Å². The van der Waals surface area contributed by atoms with Crippen LogP contribution < -0.4 is 10.5 Å². The molecule has 1 aromatic heterocycles.